The minimum atomic E-state index is 0.442. The van der Waals surface area contributed by atoms with E-state index >= 15 is 0 Å². The molecule has 1 aromatic rings. The van der Waals surface area contributed by atoms with E-state index in [4.69, 9.17) is 11.6 Å². The van der Waals surface area contributed by atoms with Gasteiger partial charge in [0.05, 0.1) is 0 Å². The van der Waals surface area contributed by atoms with Crippen molar-refractivity contribution in [2.24, 2.45) is 5.92 Å². The monoisotopic (exact) mass is 213 g/mol. The summed E-state index contributed by atoms with van der Waals surface area (Å²) in [7, 11) is 0. The third kappa shape index (κ3) is 1.92. The average Bonchev–Trinajstić information content (AvgIpc) is 2.65. The van der Waals surface area contributed by atoms with Crippen LogP contribution >= 0.6 is 11.6 Å². The SMILES string of the molecule is CC(C1CCCCC1)n1cnnc1Cl. The van der Waals surface area contributed by atoms with Gasteiger partial charge in [-0.15, -0.1) is 10.2 Å². The van der Waals surface area contributed by atoms with Crippen LogP contribution in [0.15, 0.2) is 6.33 Å². The number of hydrogen-bond donors (Lipinski definition) is 0. The Morgan fingerprint density at radius 1 is 1.43 bits per heavy atom. The van der Waals surface area contributed by atoms with Crippen LogP contribution in [0.1, 0.15) is 45.1 Å². The van der Waals surface area contributed by atoms with Crippen LogP contribution in [0.25, 0.3) is 0 Å². The summed E-state index contributed by atoms with van der Waals surface area (Å²) in [6.07, 6.45) is 8.47. The molecule has 0 bridgehead atoms. The Bertz CT molecular complexity index is 291. The zero-order valence-corrected chi connectivity index (χ0v) is 9.24. The maximum absolute atomic E-state index is 5.94. The summed E-state index contributed by atoms with van der Waals surface area (Å²) in [6.45, 7) is 2.21. The number of hydrogen-bond acceptors (Lipinski definition) is 2. The first-order valence-corrected chi connectivity index (χ1v) is 5.72. The molecule has 1 heterocycles. The van der Waals surface area contributed by atoms with E-state index in [1.165, 1.54) is 32.1 Å². The minimum absolute atomic E-state index is 0.442. The summed E-state index contributed by atoms with van der Waals surface area (Å²) in [5.74, 6) is 0.747. The van der Waals surface area contributed by atoms with Crippen molar-refractivity contribution in [3.63, 3.8) is 0 Å². The predicted octanol–water partition coefficient (Wildman–Crippen LogP) is 3.07. The highest BCUT2D eigenvalue weighted by atomic mass is 35.5. The molecule has 0 aromatic carbocycles. The summed E-state index contributed by atoms with van der Waals surface area (Å²) in [5, 5.41) is 8.15. The van der Waals surface area contributed by atoms with Crippen molar-refractivity contribution in [1.29, 1.82) is 0 Å². The molecule has 0 aliphatic heterocycles. The maximum atomic E-state index is 5.94. The summed E-state index contributed by atoms with van der Waals surface area (Å²) < 4.78 is 1.98. The van der Waals surface area contributed by atoms with Crippen molar-refractivity contribution in [3.05, 3.63) is 11.6 Å². The molecule has 3 nitrogen and oxygen atoms in total. The topological polar surface area (TPSA) is 30.7 Å². The second kappa shape index (κ2) is 4.30. The van der Waals surface area contributed by atoms with Gasteiger partial charge in [-0.05, 0) is 37.3 Å². The van der Waals surface area contributed by atoms with Gasteiger partial charge in [-0.25, -0.2) is 0 Å². The highest BCUT2D eigenvalue weighted by molar-refractivity contribution is 6.28. The van der Waals surface area contributed by atoms with Crippen LogP contribution < -0.4 is 0 Å². The number of halogens is 1. The van der Waals surface area contributed by atoms with Crippen LogP contribution in [0.2, 0.25) is 5.28 Å². The zero-order valence-electron chi connectivity index (χ0n) is 8.49. The fourth-order valence-electron chi connectivity index (χ4n) is 2.35. The molecule has 1 unspecified atom stereocenters. The Morgan fingerprint density at radius 2 is 2.14 bits per heavy atom. The molecule has 1 aliphatic rings. The van der Waals surface area contributed by atoms with Crippen LogP contribution in [0.4, 0.5) is 0 Å². The van der Waals surface area contributed by atoms with Crippen LogP contribution in [-0.4, -0.2) is 14.8 Å². The van der Waals surface area contributed by atoms with Gasteiger partial charge in [0, 0.05) is 6.04 Å². The van der Waals surface area contributed by atoms with Gasteiger partial charge in [-0.1, -0.05) is 19.3 Å². The molecular formula is C10H16ClN3. The summed E-state index contributed by atoms with van der Waals surface area (Å²) in [4.78, 5) is 0. The van der Waals surface area contributed by atoms with E-state index in [0.29, 0.717) is 11.3 Å². The number of rotatable bonds is 2. The molecule has 1 aliphatic carbocycles. The van der Waals surface area contributed by atoms with Gasteiger partial charge in [0.15, 0.2) is 0 Å². The second-order valence-electron chi connectivity index (χ2n) is 4.15. The van der Waals surface area contributed by atoms with Gasteiger partial charge in [0.2, 0.25) is 5.28 Å². The van der Waals surface area contributed by atoms with Crippen LogP contribution in [0, 0.1) is 5.92 Å². The Hall–Kier alpha value is -0.570. The Labute approximate surface area is 89.5 Å². The average molecular weight is 214 g/mol. The highest BCUT2D eigenvalue weighted by Gasteiger charge is 2.22. The van der Waals surface area contributed by atoms with Gasteiger partial charge in [-0.3, -0.25) is 0 Å². The molecule has 0 saturated heterocycles. The minimum Gasteiger partial charge on any atom is -0.301 e. The molecule has 1 saturated carbocycles. The van der Waals surface area contributed by atoms with Crippen molar-refractivity contribution in [3.8, 4) is 0 Å². The molecule has 1 aromatic heterocycles. The van der Waals surface area contributed by atoms with E-state index in [1.54, 1.807) is 6.33 Å². The quantitative estimate of drug-likeness (QED) is 0.756. The van der Waals surface area contributed by atoms with Crippen molar-refractivity contribution < 1.29 is 0 Å². The fraction of sp³-hybridized carbons (Fsp3) is 0.800. The smallest absolute Gasteiger partial charge is 0.225 e. The summed E-state index contributed by atoms with van der Waals surface area (Å²) >= 11 is 5.94. The predicted molar refractivity (Wildman–Crippen MR) is 56.3 cm³/mol. The van der Waals surface area contributed by atoms with Crippen molar-refractivity contribution in [1.82, 2.24) is 14.8 Å². The van der Waals surface area contributed by atoms with Crippen molar-refractivity contribution in [2.45, 2.75) is 45.1 Å². The van der Waals surface area contributed by atoms with Gasteiger partial charge in [0.25, 0.3) is 0 Å². The van der Waals surface area contributed by atoms with Gasteiger partial charge in [-0.2, -0.15) is 0 Å². The van der Waals surface area contributed by atoms with E-state index in [-0.39, 0.29) is 0 Å². The Balaban J connectivity index is 2.07. The van der Waals surface area contributed by atoms with Gasteiger partial charge >= 0.3 is 0 Å². The molecular weight excluding hydrogens is 198 g/mol. The van der Waals surface area contributed by atoms with Gasteiger partial charge in [0.1, 0.15) is 6.33 Å². The molecule has 0 radical (unpaired) electrons. The first kappa shape index (κ1) is 9.97. The standard InChI is InChI=1S/C10H16ClN3/c1-8(9-5-3-2-4-6-9)14-7-12-13-10(14)11/h7-9H,2-6H2,1H3. The molecule has 1 fully saturated rings. The van der Waals surface area contributed by atoms with Crippen molar-refractivity contribution >= 4 is 11.6 Å². The van der Waals surface area contributed by atoms with E-state index in [1.807, 2.05) is 4.57 Å². The molecule has 4 heteroatoms. The number of nitrogens with zero attached hydrogens (tertiary/aromatic N) is 3. The zero-order chi connectivity index (χ0) is 9.97. The van der Waals surface area contributed by atoms with E-state index < -0.39 is 0 Å². The summed E-state index contributed by atoms with van der Waals surface area (Å²) in [5.41, 5.74) is 0. The number of aromatic nitrogens is 3. The Kier molecular flexibility index (Phi) is 3.06. The van der Waals surface area contributed by atoms with E-state index in [0.717, 1.165) is 5.92 Å². The van der Waals surface area contributed by atoms with E-state index in [2.05, 4.69) is 17.1 Å². The highest BCUT2D eigenvalue weighted by Crippen LogP contribution is 2.33. The lowest BCUT2D eigenvalue weighted by Gasteiger charge is -2.28. The third-order valence-corrected chi connectivity index (χ3v) is 3.57. The normalized spacial score (nSPS) is 21.0. The van der Waals surface area contributed by atoms with Crippen LogP contribution in [0.3, 0.4) is 0 Å². The lowest BCUT2D eigenvalue weighted by Crippen LogP contribution is -2.18. The first-order valence-electron chi connectivity index (χ1n) is 5.34. The summed E-state index contributed by atoms with van der Waals surface area (Å²) in [6, 6.07) is 0.442. The van der Waals surface area contributed by atoms with Crippen LogP contribution in [-0.2, 0) is 0 Å². The fourth-order valence-corrected chi connectivity index (χ4v) is 2.59. The molecule has 0 spiro atoms. The second-order valence-corrected chi connectivity index (χ2v) is 4.48. The third-order valence-electron chi connectivity index (χ3n) is 3.30. The van der Waals surface area contributed by atoms with Gasteiger partial charge < -0.3 is 4.57 Å². The molecule has 0 N–H and O–H groups in total. The first-order chi connectivity index (χ1) is 6.79. The van der Waals surface area contributed by atoms with E-state index in [9.17, 15) is 0 Å². The maximum Gasteiger partial charge on any atom is 0.225 e. The lowest BCUT2D eigenvalue weighted by molar-refractivity contribution is 0.263. The largest absolute Gasteiger partial charge is 0.301 e. The Morgan fingerprint density at radius 3 is 2.71 bits per heavy atom. The molecule has 2 rings (SSSR count). The van der Waals surface area contributed by atoms with Crippen LogP contribution in [0.5, 0.6) is 0 Å². The molecule has 14 heavy (non-hydrogen) atoms. The molecule has 0 amide bonds. The molecule has 1 atom stereocenters. The molecule has 78 valence electrons. The van der Waals surface area contributed by atoms with Crippen molar-refractivity contribution in [2.75, 3.05) is 0 Å². The lowest BCUT2D eigenvalue weighted by atomic mass is 9.84.